The van der Waals surface area contributed by atoms with Gasteiger partial charge in [0.15, 0.2) is 0 Å². The molecule has 0 saturated carbocycles. The van der Waals surface area contributed by atoms with E-state index in [2.05, 4.69) is 0 Å². The molecule has 2 rings (SSSR count). The van der Waals surface area contributed by atoms with Crippen LogP contribution in [0.25, 0.3) is 0 Å². The van der Waals surface area contributed by atoms with Gasteiger partial charge in [0.2, 0.25) is 15.9 Å². The van der Waals surface area contributed by atoms with Crippen molar-refractivity contribution in [2.24, 2.45) is 17.4 Å². The molecule has 1 heterocycles. The number of hydrogen-bond donors (Lipinski definition) is 2. The molecule has 0 aromatic heterocycles. The summed E-state index contributed by atoms with van der Waals surface area (Å²) in [7, 11) is -3.71. The molecule has 1 atom stereocenters. The monoisotopic (exact) mass is 317 g/mol. The van der Waals surface area contributed by atoms with Gasteiger partial charge in [-0.15, -0.1) is 0 Å². The first-order chi connectivity index (χ1) is 9.36. The van der Waals surface area contributed by atoms with E-state index in [0.717, 1.165) is 5.56 Å². The summed E-state index contributed by atoms with van der Waals surface area (Å²) in [6.07, 6.45) is 0.438. The van der Waals surface area contributed by atoms with Gasteiger partial charge in [0.25, 0.3) is 0 Å². The van der Waals surface area contributed by atoms with Gasteiger partial charge in [-0.3, -0.25) is 4.79 Å². The van der Waals surface area contributed by atoms with Crippen molar-refractivity contribution in [1.29, 1.82) is 0 Å². The zero-order valence-corrected chi connectivity index (χ0v) is 12.3. The van der Waals surface area contributed by atoms with Crippen LogP contribution in [0.15, 0.2) is 23.1 Å². The number of halogens is 1. The van der Waals surface area contributed by atoms with Crippen molar-refractivity contribution in [2.75, 3.05) is 13.1 Å². The van der Waals surface area contributed by atoms with Crippen molar-refractivity contribution >= 4 is 27.5 Å². The molecule has 20 heavy (non-hydrogen) atoms. The first-order valence-corrected chi connectivity index (χ1v) is 7.96. The molecule has 8 heteroatoms. The van der Waals surface area contributed by atoms with E-state index < -0.39 is 21.8 Å². The van der Waals surface area contributed by atoms with Crippen molar-refractivity contribution in [2.45, 2.75) is 17.9 Å². The van der Waals surface area contributed by atoms with E-state index >= 15 is 0 Å². The number of rotatable bonds is 4. The normalized spacial score (nSPS) is 20.2. The number of carbonyl (C=O) groups is 1. The van der Waals surface area contributed by atoms with Gasteiger partial charge in [-0.05, 0) is 24.1 Å². The van der Waals surface area contributed by atoms with Gasteiger partial charge in [0, 0.05) is 19.6 Å². The highest BCUT2D eigenvalue weighted by atomic mass is 35.5. The molecule has 1 fully saturated rings. The molecule has 1 aliphatic rings. The number of benzene rings is 1. The SMILES string of the molecule is NCc1ccc(S(=O)(=O)N2CCC(C(N)=O)C2)c(Cl)c1. The standard InChI is InChI=1S/C12H16ClN3O3S/c13-10-5-8(6-14)1-2-11(10)20(18,19)16-4-3-9(7-16)12(15)17/h1-2,5,9H,3-4,6-7,14H2,(H2,15,17). The van der Waals surface area contributed by atoms with Crippen LogP contribution < -0.4 is 11.5 Å². The second-order valence-corrected chi connectivity index (χ2v) is 7.03. The lowest BCUT2D eigenvalue weighted by molar-refractivity contribution is -0.121. The number of carbonyl (C=O) groups excluding carboxylic acids is 1. The van der Waals surface area contributed by atoms with E-state index in [1.165, 1.54) is 16.4 Å². The van der Waals surface area contributed by atoms with Crippen molar-refractivity contribution < 1.29 is 13.2 Å². The second kappa shape index (κ2) is 5.69. The van der Waals surface area contributed by atoms with Crippen molar-refractivity contribution in [1.82, 2.24) is 4.31 Å². The summed E-state index contributed by atoms with van der Waals surface area (Å²) < 4.78 is 26.2. The number of primary amides is 1. The number of sulfonamides is 1. The van der Waals surface area contributed by atoms with E-state index in [0.29, 0.717) is 6.42 Å². The Labute approximate surface area is 122 Å². The molecule has 1 saturated heterocycles. The lowest BCUT2D eigenvalue weighted by Crippen LogP contribution is -2.32. The summed E-state index contributed by atoms with van der Waals surface area (Å²) >= 11 is 6.02. The molecule has 0 bridgehead atoms. The second-order valence-electron chi connectivity index (χ2n) is 4.72. The minimum Gasteiger partial charge on any atom is -0.369 e. The van der Waals surface area contributed by atoms with E-state index in [-0.39, 0.29) is 29.6 Å². The van der Waals surface area contributed by atoms with Crippen molar-refractivity contribution in [3.63, 3.8) is 0 Å². The molecule has 1 amide bonds. The average Bonchev–Trinajstić information content (AvgIpc) is 2.88. The predicted molar refractivity (Wildman–Crippen MR) is 75.4 cm³/mol. The molecule has 1 unspecified atom stereocenters. The zero-order valence-electron chi connectivity index (χ0n) is 10.8. The van der Waals surface area contributed by atoms with Crippen LogP contribution in [-0.2, 0) is 21.4 Å². The topological polar surface area (TPSA) is 106 Å². The molecule has 110 valence electrons. The van der Waals surface area contributed by atoms with Crippen molar-refractivity contribution in [3.05, 3.63) is 28.8 Å². The van der Waals surface area contributed by atoms with Gasteiger partial charge in [0.1, 0.15) is 4.90 Å². The summed E-state index contributed by atoms with van der Waals surface area (Å²) in [6.45, 7) is 0.658. The minimum atomic E-state index is -3.71. The van der Waals surface area contributed by atoms with Gasteiger partial charge in [-0.25, -0.2) is 8.42 Å². The third-order valence-electron chi connectivity index (χ3n) is 3.40. The highest BCUT2D eigenvalue weighted by Crippen LogP contribution is 2.29. The van der Waals surface area contributed by atoms with Crippen LogP contribution in [-0.4, -0.2) is 31.7 Å². The van der Waals surface area contributed by atoms with Gasteiger partial charge in [-0.1, -0.05) is 17.7 Å². The van der Waals surface area contributed by atoms with E-state index in [9.17, 15) is 13.2 Å². The van der Waals surface area contributed by atoms with E-state index in [1.54, 1.807) is 6.07 Å². The summed E-state index contributed by atoms with van der Waals surface area (Å²) in [6, 6.07) is 4.61. The van der Waals surface area contributed by atoms with Crippen molar-refractivity contribution in [3.8, 4) is 0 Å². The fourth-order valence-electron chi connectivity index (χ4n) is 2.20. The predicted octanol–water partition coefficient (Wildman–Crippen LogP) is 0.295. The molecule has 6 nitrogen and oxygen atoms in total. The molecule has 1 aromatic rings. The highest BCUT2D eigenvalue weighted by Gasteiger charge is 2.35. The first kappa shape index (κ1) is 15.2. The summed E-state index contributed by atoms with van der Waals surface area (Å²) in [5.74, 6) is -0.917. The van der Waals surface area contributed by atoms with Gasteiger partial charge in [-0.2, -0.15) is 4.31 Å². The highest BCUT2D eigenvalue weighted by molar-refractivity contribution is 7.89. The minimum absolute atomic E-state index is 0.0292. The molecule has 1 aliphatic heterocycles. The van der Waals surface area contributed by atoms with Crippen LogP contribution in [0.2, 0.25) is 5.02 Å². The number of nitrogens with zero attached hydrogens (tertiary/aromatic N) is 1. The molecule has 4 N–H and O–H groups in total. The van der Waals surface area contributed by atoms with E-state index in [4.69, 9.17) is 23.1 Å². The fraction of sp³-hybridized carbons (Fsp3) is 0.417. The third kappa shape index (κ3) is 2.80. The lowest BCUT2D eigenvalue weighted by atomic mass is 10.1. The Bertz CT molecular complexity index is 633. The molecular weight excluding hydrogens is 302 g/mol. The van der Waals surface area contributed by atoms with Gasteiger partial charge < -0.3 is 11.5 Å². The van der Waals surface area contributed by atoms with Gasteiger partial charge in [0.05, 0.1) is 10.9 Å². The largest absolute Gasteiger partial charge is 0.369 e. The van der Waals surface area contributed by atoms with Crippen LogP contribution in [0.1, 0.15) is 12.0 Å². The Morgan fingerprint density at radius 2 is 2.15 bits per heavy atom. The Morgan fingerprint density at radius 1 is 1.45 bits per heavy atom. The maximum absolute atomic E-state index is 12.5. The molecule has 0 radical (unpaired) electrons. The van der Waals surface area contributed by atoms with Crippen LogP contribution in [0.4, 0.5) is 0 Å². The Morgan fingerprint density at radius 3 is 2.65 bits per heavy atom. The smallest absolute Gasteiger partial charge is 0.244 e. The Balaban J connectivity index is 2.30. The van der Waals surface area contributed by atoms with Crippen LogP contribution in [0.5, 0.6) is 0 Å². The summed E-state index contributed by atoms with van der Waals surface area (Å²) in [4.78, 5) is 11.2. The maximum atomic E-state index is 12.5. The molecular formula is C12H16ClN3O3S. The quantitative estimate of drug-likeness (QED) is 0.832. The zero-order chi connectivity index (χ0) is 14.9. The maximum Gasteiger partial charge on any atom is 0.244 e. The average molecular weight is 318 g/mol. The lowest BCUT2D eigenvalue weighted by Gasteiger charge is -2.17. The molecule has 1 aromatic carbocycles. The Kier molecular flexibility index (Phi) is 4.33. The molecule has 0 spiro atoms. The first-order valence-electron chi connectivity index (χ1n) is 6.14. The summed E-state index contributed by atoms with van der Waals surface area (Å²) in [5.41, 5.74) is 11.4. The Hall–Kier alpha value is -1.15. The third-order valence-corrected chi connectivity index (χ3v) is 5.75. The van der Waals surface area contributed by atoms with Crippen LogP contribution >= 0.6 is 11.6 Å². The number of amides is 1. The molecule has 0 aliphatic carbocycles. The van der Waals surface area contributed by atoms with Gasteiger partial charge >= 0.3 is 0 Å². The van der Waals surface area contributed by atoms with Crippen LogP contribution in [0, 0.1) is 5.92 Å². The van der Waals surface area contributed by atoms with E-state index in [1.807, 2.05) is 0 Å². The van der Waals surface area contributed by atoms with Crippen LogP contribution in [0.3, 0.4) is 0 Å². The number of nitrogens with two attached hydrogens (primary N) is 2. The summed E-state index contributed by atoms with van der Waals surface area (Å²) in [5, 5.41) is 0.135. The number of hydrogen-bond acceptors (Lipinski definition) is 4. The fourth-order valence-corrected chi connectivity index (χ4v) is 4.24.